The van der Waals surface area contributed by atoms with Gasteiger partial charge in [0.25, 0.3) is 0 Å². The fourth-order valence-electron chi connectivity index (χ4n) is 3.15. The van der Waals surface area contributed by atoms with Gasteiger partial charge in [-0.3, -0.25) is 9.59 Å². The molecule has 0 aliphatic carbocycles. The molecule has 34 heavy (non-hydrogen) atoms. The Morgan fingerprint density at radius 3 is 2.09 bits per heavy atom. The molecule has 182 valence electrons. The number of rotatable bonds is 7. The number of hydrogen-bond donors (Lipinski definition) is 3. The number of ether oxygens (including phenoxy) is 1. The first-order valence-electron chi connectivity index (χ1n) is 10.1. The zero-order valence-electron chi connectivity index (χ0n) is 17.6. The number of benzene rings is 2. The Kier molecular flexibility index (Phi) is 8.18. The van der Waals surface area contributed by atoms with Crippen molar-refractivity contribution in [2.75, 3.05) is 43.1 Å². The van der Waals surface area contributed by atoms with Crippen molar-refractivity contribution in [1.82, 2.24) is 5.32 Å². The minimum atomic E-state index is -2.33. The van der Waals surface area contributed by atoms with Gasteiger partial charge in [0.2, 0.25) is 17.6 Å². The first-order chi connectivity index (χ1) is 16.2. The summed E-state index contributed by atoms with van der Waals surface area (Å²) < 4.78 is 72.2. The maximum Gasteiger partial charge on any atom is 0.249 e. The van der Waals surface area contributed by atoms with Crippen molar-refractivity contribution in [2.24, 2.45) is 0 Å². The molecule has 1 fully saturated rings. The number of aliphatic hydroxyl groups is 1. The van der Waals surface area contributed by atoms with Gasteiger partial charge in [0.15, 0.2) is 23.3 Å². The Hall–Kier alpha value is -3.51. The lowest BCUT2D eigenvalue weighted by atomic mass is 10.1. The molecular weight excluding hydrogens is 465 g/mol. The summed E-state index contributed by atoms with van der Waals surface area (Å²) in [5.74, 6) is -12.8. The summed E-state index contributed by atoms with van der Waals surface area (Å²) in [6.45, 7) is 1.84. The fraction of sp³-hybridized carbons (Fsp3) is 0.273. The standard InChI is InChI=1S/C22H20F5N3O4/c23-17-14(18(24)20(26)21(27)19(17)25)5-6-16(32)29-15(11-31)22(33)28-12-1-3-13(4-2-12)30-7-9-34-10-8-30/h1-6,15,31H,7-11H2,(H,28,33)(H,29,32)/t15-/m0/s1. The van der Waals surface area contributed by atoms with E-state index in [0.29, 0.717) is 31.1 Å². The van der Waals surface area contributed by atoms with Gasteiger partial charge in [0, 0.05) is 30.5 Å². The van der Waals surface area contributed by atoms with E-state index in [1.165, 1.54) is 0 Å². The average Bonchev–Trinajstić information content (AvgIpc) is 2.85. The van der Waals surface area contributed by atoms with Gasteiger partial charge in [-0.1, -0.05) is 0 Å². The van der Waals surface area contributed by atoms with E-state index >= 15 is 0 Å². The molecule has 2 amide bonds. The minimum absolute atomic E-state index is 0.377. The van der Waals surface area contributed by atoms with E-state index in [9.17, 15) is 36.6 Å². The lowest BCUT2D eigenvalue weighted by molar-refractivity contribution is -0.124. The Morgan fingerprint density at radius 1 is 0.971 bits per heavy atom. The van der Waals surface area contributed by atoms with E-state index in [2.05, 4.69) is 15.5 Å². The van der Waals surface area contributed by atoms with Gasteiger partial charge in [0.1, 0.15) is 6.04 Å². The van der Waals surface area contributed by atoms with Crippen molar-refractivity contribution in [3.63, 3.8) is 0 Å². The number of halogens is 5. The van der Waals surface area contributed by atoms with Gasteiger partial charge in [0.05, 0.1) is 25.4 Å². The molecule has 3 N–H and O–H groups in total. The molecule has 2 aromatic carbocycles. The van der Waals surface area contributed by atoms with Gasteiger partial charge in [-0.2, -0.15) is 0 Å². The largest absolute Gasteiger partial charge is 0.394 e. The monoisotopic (exact) mass is 485 g/mol. The highest BCUT2D eigenvalue weighted by Gasteiger charge is 2.25. The molecule has 0 aromatic heterocycles. The van der Waals surface area contributed by atoms with Gasteiger partial charge in [-0.15, -0.1) is 0 Å². The first-order valence-corrected chi connectivity index (χ1v) is 10.1. The van der Waals surface area contributed by atoms with E-state index in [1.807, 2.05) is 0 Å². The number of nitrogens with one attached hydrogen (secondary N) is 2. The molecule has 0 radical (unpaired) electrons. The van der Waals surface area contributed by atoms with Crippen molar-refractivity contribution < 1.29 is 41.4 Å². The van der Waals surface area contributed by atoms with Crippen LogP contribution in [0, 0.1) is 29.1 Å². The van der Waals surface area contributed by atoms with Crippen LogP contribution in [0.5, 0.6) is 0 Å². The lowest BCUT2D eigenvalue weighted by Crippen LogP contribution is -2.45. The Balaban J connectivity index is 1.62. The number of anilines is 2. The third-order valence-corrected chi connectivity index (χ3v) is 4.97. The number of amides is 2. The molecule has 1 aliphatic heterocycles. The quantitative estimate of drug-likeness (QED) is 0.243. The third-order valence-electron chi connectivity index (χ3n) is 4.97. The zero-order chi connectivity index (χ0) is 24.8. The minimum Gasteiger partial charge on any atom is -0.394 e. The van der Waals surface area contributed by atoms with E-state index in [0.717, 1.165) is 18.8 Å². The summed E-state index contributed by atoms with van der Waals surface area (Å²) in [5, 5.41) is 14.0. The molecule has 2 aromatic rings. The maximum atomic E-state index is 13.7. The third kappa shape index (κ3) is 5.69. The molecule has 12 heteroatoms. The first kappa shape index (κ1) is 25.1. The number of aliphatic hydroxyl groups excluding tert-OH is 1. The maximum absolute atomic E-state index is 13.7. The molecule has 0 bridgehead atoms. The van der Waals surface area contributed by atoms with Crippen molar-refractivity contribution in [3.8, 4) is 0 Å². The zero-order valence-corrected chi connectivity index (χ0v) is 17.6. The number of hydrogen-bond acceptors (Lipinski definition) is 5. The van der Waals surface area contributed by atoms with Crippen LogP contribution in [0.2, 0.25) is 0 Å². The average molecular weight is 485 g/mol. The van der Waals surface area contributed by atoms with Crippen LogP contribution < -0.4 is 15.5 Å². The number of nitrogens with zero attached hydrogens (tertiary/aromatic N) is 1. The van der Waals surface area contributed by atoms with Crippen molar-refractivity contribution >= 4 is 29.3 Å². The van der Waals surface area contributed by atoms with Gasteiger partial charge in [-0.25, -0.2) is 22.0 Å². The predicted molar refractivity (Wildman–Crippen MR) is 112 cm³/mol. The molecule has 7 nitrogen and oxygen atoms in total. The van der Waals surface area contributed by atoms with E-state index < -0.39 is 59.1 Å². The lowest BCUT2D eigenvalue weighted by Gasteiger charge is -2.29. The van der Waals surface area contributed by atoms with Crippen LogP contribution in [0.15, 0.2) is 30.3 Å². The molecular formula is C22H20F5N3O4. The fourth-order valence-corrected chi connectivity index (χ4v) is 3.15. The molecule has 1 saturated heterocycles. The summed E-state index contributed by atoms with van der Waals surface area (Å²) in [4.78, 5) is 26.5. The van der Waals surface area contributed by atoms with Crippen molar-refractivity contribution in [1.29, 1.82) is 0 Å². The van der Waals surface area contributed by atoms with Crippen molar-refractivity contribution in [2.45, 2.75) is 6.04 Å². The molecule has 0 saturated carbocycles. The molecule has 1 heterocycles. The van der Waals surface area contributed by atoms with Crippen LogP contribution in [0.25, 0.3) is 6.08 Å². The number of morpholine rings is 1. The van der Waals surface area contributed by atoms with E-state index in [-0.39, 0.29) is 0 Å². The van der Waals surface area contributed by atoms with Crippen LogP contribution in [-0.2, 0) is 14.3 Å². The van der Waals surface area contributed by atoms with E-state index in [4.69, 9.17) is 4.74 Å². The SMILES string of the molecule is O=C(C=Cc1c(F)c(F)c(F)c(F)c1F)N[C@@H](CO)C(=O)Nc1ccc(N2CCOCC2)cc1. The van der Waals surface area contributed by atoms with Crippen molar-refractivity contribution in [3.05, 3.63) is 65.0 Å². The molecule has 1 atom stereocenters. The summed E-state index contributed by atoms with van der Waals surface area (Å²) in [5.41, 5.74) is -0.0184. The van der Waals surface area contributed by atoms with Crippen LogP contribution >= 0.6 is 0 Å². The van der Waals surface area contributed by atoms with Crippen LogP contribution in [0.3, 0.4) is 0 Å². The van der Waals surface area contributed by atoms with Crippen LogP contribution in [0.1, 0.15) is 5.56 Å². The van der Waals surface area contributed by atoms with Gasteiger partial charge in [-0.05, 0) is 30.3 Å². The molecule has 3 rings (SSSR count). The highest BCUT2D eigenvalue weighted by atomic mass is 19.2. The summed E-state index contributed by atoms with van der Waals surface area (Å²) in [6, 6.07) is 5.36. The van der Waals surface area contributed by atoms with E-state index in [1.54, 1.807) is 24.3 Å². The highest BCUT2D eigenvalue weighted by molar-refractivity contribution is 6.00. The Morgan fingerprint density at radius 2 is 1.53 bits per heavy atom. The van der Waals surface area contributed by atoms with Crippen LogP contribution in [0.4, 0.5) is 33.3 Å². The summed E-state index contributed by atoms with van der Waals surface area (Å²) in [6.07, 6.45) is 0.855. The molecule has 0 unspecified atom stereocenters. The highest BCUT2D eigenvalue weighted by Crippen LogP contribution is 2.24. The molecule has 0 spiro atoms. The summed E-state index contributed by atoms with van der Waals surface area (Å²) >= 11 is 0. The second-order valence-electron chi connectivity index (χ2n) is 7.20. The number of carbonyl (C=O) groups is 2. The Bertz CT molecular complexity index is 1060. The van der Waals surface area contributed by atoms with Gasteiger partial charge < -0.3 is 25.4 Å². The topological polar surface area (TPSA) is 90.9 Å². The van der Waals surface area contributed by atoms with Crippen LogP contribution in [-0.4, -0.2) is 55.9 Å². The predicted octanol–water partition coefficient (Wildman–Crippen LogP) is 2.35. The summed E-state index contributed by atoms with van der Waals surface area (Å²) in [7, 11) is 0. The second-order valence-corrected chi connectivity index (χ2v) is 7.20. The Labute approximate surface area is 190 Å². The number of carbonyl (C=O) groups excluding carboxylic acids is 2. The normalized spacial score (nSPS) is 14.8. The molecule has 1 aliphatic rings. The smallest absolute Gasteiger partial charge is 0.249 e. The van der Waals surface area contributed by atoms with Gasteiger partial charge >= 0.3 is 0 Å². The second kappa shape index (κ2) is 11.1.